The Labute approximate surface area is 315 Å². The predicted octanol–water partition coefficient (Wildman–Crippen LogP) is 0.139. The van der Waals surface area contributed by atoms with E-state index in [4.69, 9.17) is 17.2 Å². The van der Waals surface area contributed by atoms with Gasteiger partial charge >= 0.3 is 0 Å². The Bertz CT molecular complexity index is 1800. The first kappa shape index (κ1) is 39.8. The molecule has 278 valence electrons. The zero-order chi connectivity index (χ0) is 37.8. The maximum Gasteiger partial charge on any atom is 0.245 e. The summed E-state index contributed by atoms with van der Waals surface area (Å²) in [5.74, 6) is -3.16. The monoisotopic (exact) mass is 827 g/mol. The minimum atomic E-state index is -1.14. The molecule has 1 fully saturated rings. The lowest BCUT2D eigenvalue weighted by molar-refractivity contribution is -0.142. The molecule has 1 aliphatic rings. The molecule has 3 aromatic carbocycles. The number of carbonyl (C=O) groups excluding carboxylic acids is 5. The van der Waals surface area contributed by atoms with Crippen LogP contribution in [0.3, 0.4) is 0 Å². The van der Waals surface area contributed by atoms with Gasteiger partial charge in [0.1, 0.15) is 29.9 Å². The summed E-state index contributed by atoms with van der Waals surface area (Å²) in [5.41, 5.74) is 18.2. The van der Waals surface area contributed by atoms with Crippen molar-refractivity contribution in [2.45, 2.75) is 62.7 Å². The Balaban J connectivity index is 1.71. The number of phenols is 1. The molecule has 11 N–H and O–H groups in total. The fourth-order valence-electron chi connectivity index (χ4n) is 5.98. The zero-order valence-electron chi connectivity index (χ0n) is 28.9. The van der Waals surface area contributed by atoms with Gasteiger partial charge < -0.3 is 48.5 Å². The third-order valence-electron chi connectivity index (χ3n) is 8.77. The van der Waals surface area contributed by atoms with Crippen LogP contribution in [0.2, 0.25) is 0 Å². The lowest BCUT2D eigenvalue weighted by atomic mass is 10.00. The highest BCUT2D eigenvalue weighted by Gasteiger charge is 2.35. The van der Waals surface area contributed by atoms with Crippen LogP contribution in [-0.4, -0.2) is 96.4 Å². The summed E-state index contributed by atoms with van der Waals surface area (Å²) in [6.45, 7) is -0.0620. The van der Waals surface area contributed by atoms with Crippen LogP contribution in [0.25, 0.3) is 10.8 Å². The van der Waals surface area contributed by atoms with Gasteiger partial charge in [-0.15, -0.1) is 0 Å². The van der Waals surface area contributed by atoms with Crippen LogP contribution >= 0.6 is 22.6 Å². The second-order valence-corrected chi connectivity index (χ2v) is 13.8. The van der Waals surface area contributed by atoms with Gasteiger partial charge in [-0.05, 0) is 88.9 Å². The third-order valence-corrected chi connectivity index (χ3v) is 9.64. The van der Waals surface area contributed by atoms with Gasteiger partial charge in [0.05, 0.1) is 10.1 Å². The second kappa shape index (κ2) is 19.0. The first-order chi connectivity index (χ1) is 24.9. The molecule has 3 aromatic rings. The molecule has 1 saturated heterocycles. The van der Waals surface area contributed by atoms with Crippen molar-refractivity contribution >= 4 is 68.9 Å². The minimum Gasteiger partial charge on any atom is -0.507 e. The van der Waals surface area contributed by atoms with Gasteiger partial charge in [-0.25, -0.2) is 0 Å². The van der Waals surface area contributed by atoms with Crippen molar-refractivity contribution in [2.75, 3.05) is 26.7 Å². The standard InChI is InChI=1S/C36H46IN9O6/c1-46-29(9-4-14-38)34(51)44-26(8-5-15-41-36(39)40)33(50)45-27(18-21-10-12-23-6-2-3-7-24(23)16-21)32(49)42-20-31(48)43-28(35(46)52)19-22-11-13-30(47)25(37)17-22/h2-3,6-7,10-13,16-17,26-29,47H,4-5,8-9,14-15,18-20,38H2,1H3,(H,42,49)(H,43,48)(H,44,51)(H,45,50)(H4,39,40,41)/t26-,27-,28+,29+/m0/s1. The number of carbonyl (C=O) groups is 5. The van der Waals surface area contributed by atoms with Crippen molar-refractivity contribution in [3.63, 3.8) is 0 Å². The number of aliphatic imine (C=N–C) groups is 1. The van der Waals surface area contributed by atoms with Gasteiger partial charge in [0.15, 0.2) is 5.96 Å². The number of guanidine groups is 1. The second-order valence-electron chi connectivity index (χ2n) is 12.7. The summed E-state index contributed by atoms with van der Waals surface area (Å²) in [6, 6.07) is 13.8. The molecule has 0 unspecified atom stereocenters. The SMILES string of the molecule is CN1C(=O)[C@@H](Cc2ccc(O)c(I)c2)NC(=O)CNC(=O)[C@H](Cc2ccc3ccccc3c2)NC(=O)[C@H](CCCN=C(N)N)NC(=O)[C@H]1CCCN. The Kier molecular flexibility index (Phi) is 14.6. The fraction of sp³-hybridized carbons (Fsp3) is 0.389. The Morgan fingerprint density at radius 2 is 1.50 bits per heavy atom. The number of amides is 5. The maximum absolute atomic E-state index is 14.1. The summed E-state index contributed by atoms with van der Waals surface area (Å²) in [6.07, 6.45) is 1.10. The average Bonchev–Trinajstić information content (AvgIpc) is 3.12. The quantitative estimate of drug-likeness (QED) is 0.0566. The highest BCUT2D eigenvalue weighted by molar-refractivity contribution is 14.1. The number of hydrogen-bond donors (Lipinski definition) is 8. The van der Waals surface area contributed by atoms with E-state index in [0.717, 1.165) is 16.3 Å². The van der Waals surface area contributed by atoms with E-state index in [1.54, 1.807) is 12.1 Å². The highest BCUT2D eigenvalue weighted by atomic mass is 127. The number of nitrogens with one attached hydrogen (secondary N) is 4. The van der Waals surface area contributed by atoms with E-state index >= 15 is 0 Å². The van der Waals surface area contributed by atoms with Crippen LogP contribution in [0.4, 0.5) is 0 Å². The molecule has 0 aliphatic carbocycles. The van der Waals surface area contributed by atoms with Gasteiger partial charge in [0.2, 0.25) is 29.5 Å². The lowest BCUT2D eigenvalue weighted by Crippen LogP contribution is -2.58. The molecular weight excluding hydrogens is 781 g/mol. The first-order valence-corrected chi connectivity index (χ1v) is 18.1. The molecule has 0 bridgehead atoms. The zero-order valence-corrected chi connectivity index (χ0v) is 31.1. The highest BCUT2D eigenvalue weighted by Crippen LogP contribution is 2.22. The molecule has 5 amide bonds. The van der Waals surface area contributed by atoms with Gasteiger partial charge in [-0.1, -0.05) is 48.5 Å². The number of rotatable bonds is 11. The molecule has 16 heteroatoms. The molecule has 0 spiro atoms. The molecule has 1 heterocycles. The van der Waals surface area contributed by atoms with Crippen LogP contribution in [0.15, 0.2) is 65.7 Å². The number of halogens is 1. The van der Waals surface area contributed by atoms with Crippen molar-refractivity contribution in [1.29, 1.82) is 0 Å². The van der Waals surface area contributed by atoms with Gasteiger partial charge in [0, 0.05) is 26.4 Å². The topological polar surface area (TPSA) is 247 Å². The molecule has 1 aliphatic heterocycles. The summed E-state index contributed by atoms with van der Waals surface area (Å²) in [7, 11) is 1.45. The number of aromatic hydroxyl groups is 1. The first-order valence-electron chi connectivity index (χ1n) is 17.0. The van der Waals surface area contributed by atoms with Crippen LogP contribution in [-0.2, 0) is 36.8 Å². The van der Waals surface area contributed by atoms with E-state index in [-0.39, 0.29) is 50.5 Å². The summed E-state index contributed by atoms with van der Waals surface area (Å²) in [5, 5.41) is 22.9. The number of nitrogens with two attached hydrogens (primary N) is 3. The van der Waals surface area contributed by atoms with E-state index in [1.165, 1.54) is 18.0 Å². The number of likely N-dealkylation sites (N-methyl/N-ethyl adjacent to an activating group) is 1. The largest absolute Gasteiger partial charge is 0.507 e. The lowest BCUT2D eigenvalue weighted by Gasteiger charge is -2.32. The molecule has 0 saturated carbocycles. The molecule has 15 nitrogen and oxygen atoms in total. The Morgan fingerprint density at radius 3 is 2.21 bits per heavy atom. The van der Waals surface area contributed by atoms with Crippen LogP contribution in [0.5, 0.6) is 5.75 Å². The average molecular weight is 828 g/mol. The maximum atomic E-state index is 14.1. The number of hydrogen-bond acceptors (Lipinski definition) is 8. The van der Waals surface area contributed by atoms with E-state index in [9.17, 15) is 29.1 Å². The van der Waals surface area contributed by atoms with Crippen LogP contribution < -0.4 is 38.5 Å². The summed E-state index contributed by atoms with van der Waals surface area (Å²) in [4.78, 5) is 74.3. The predicted molar refractivity (Wildman–Crippen MR) is 206 cm³/mol. The molecule has 4 atom stereocenters. The van der Waals surface area contributed by atoms with Gasteiger partial charge in [0.25, 0.3) is 0 Å². The molecule has 0 aromatic heterocycles. The summed E-state index contributed by atoms with van der Waals surface area (Å²) >= 11 is 1.96. The van der Waals surface area contributed by atoms with Crippen molar-refractivity contribution in [3.8, 4) is 5.75 Å². The van der Waals surface area contributed by atoms with Crippen LogP contribution in [0, 0.1) is 3.57 Å². The normalized spacial score (nSPS) is 20.6. The fourth-order valence-corrected chi connectivity index (χ4v) is 6.56. The van der Waals surface area contributed by atoms with Crippen molar-refractivity contribution in [2.24, 2.45) is 22.2 Å². The molecule has 4 rings (SSSR count). The summed E-state index contributed by atoms with van der Waals surface area (Å²) < 4.78 is 0.548. The van der Waals surface area contributed by atoms with E-state index in [1.807, 2.05) is 65.1 Å². The molecular formula is C36H46IN9O6. The Hall–Kier alpha value is -4.97. The minimum absolute atomic E-state index is 0.0302. The Morgan fingerprint density at radius 1 is 0.827 bits per heavy atom. The van der Waals surface area contributed by atoms with Crippen molar-refractivity contribution in [3.05, 3.63) is 75.4 Å². The number of nitrogens with zero attached hydrogens (tertiary/aromatic N) is 2. The molecule has 52 heavy (non-hydrogen) atoms. The number of phenolic OH excluding ortho intramolecular Hbond substituents is 1. The van der Waals surface area contributed by atoms with Crippen molar-refractivity contribution in [1.82, 2.24) is 26.2 Å². The van der Waals surface area contributed by atoms with Gasteiger partial charge in [-0.2, -0.15) is 0 Å². The van der Waals surface area contributed by atoms with E-state index in [0.29, 0.717) is 22.0 Å². The van der Waals surface area contributed by atoms with Gasteiger partial charge in [-0.3, -0.25) is 29.0 Å². The number of benzene rings is 3. The van der Waals surface area contributed by atoms with Crippen molar-refractivity contribution < 1.29 is 29.1 Å². The van der Waals surface area contributed by atoms with E-state index in [2.05, 4.69) is 26.3 Å². The number of fused-ring (bicyclic) bond motifs is 1. The van der Waals surface area contributed by atoms with Crippen LogP contribution in [0.1, 0.15) is 36.8 Å². The smallest absolute Gasteiger partial charge is 0.245 e. The molecule has 0 radical (unpaired) electrons. The third kappa shape index (κ3) is 11.3. The van der Waals surface area contributed by atoms with E-state index < -0.39 is 60.2 Å².